The molecule has 1 N–H and O–H groups in total. The molecule has 1 aliphatic carbocycles. The molecule has 2 rings (SSSR count). The van der Waals surface area contributed by atoms with Crippen molar-refractivity contribution in [2.45, 2.75) is 26.2 Å². The predicted octanol–water partition coefficient (Wildman–Crippen LogP) is 2.61. The molecule has 0 aliphatic heterocycles. The maximum Gasteiger partial charge on any atom is 0.126 e. The standard InChI is InChI=1S/C16H25FN2/c1-13-10-14(4-5-15(13)17)6-9-19(3)12-16(7-8-16)11-18-2/h4-5,10,18H,6-9,11-12H2,1-3H3. The van der Waals surface area contributed by atoms with E-state index in [1.807, 2.05) is 26.1 Å². The zero-order chi connectivity index (χ0) is 13.9. The molecule has 0 unspecified atom stereocenters. The number of benzene rings is 1. The van der Waals surface area contributed by atoms with E-state index in [1.165, 1.54) is 18.4 Å². The molecule has 0 spiro atoms. The summed E-state index contributed by atoms with van der Waals surface area (Å²) < 4.78 is 13.2. The number of rotatable bonds is 7. The summed E-state index contributed by atoms with van der Waals surface area (Å²) >= 11 is 0. The van der Waals surface area contributed by atoms with Crippen LogP contribution in [0.25, 0.3) is 0 Å². The number of aryl methyl sites for hydroxylation is 1. The minimum atomic E-state index is -0.108. The van der Waals surface area contributed by atoms with E-state index < -0.39 is 0 Å². The van der Waals surface area contributed by atoms with Crippen LogP contribution in [0.4, 0.5) is 4.39 Å². The molecule has 106 valence electrons. The lowest BCUT2D eigenvalue weighted by molar-refractivity contribution is 0.262. The quantitative estimate of drug-likeness (QED) is 0.814. The third kappa shape index (κ3) is 4.02. The highest BCUT2D eigenvalue weighted by atomic mass is 19.1. The summed E-state index contributed by atoms with van der Waals surface area (Å²) in [7, 11) is 4.22. The highest BCUT2D eigenvalue weighted by molar-refractivity contribution is 5.24. The third-order valence-corrected chi connectivity index (χ3v) is 4.12. The van der Waals surface area contributed by atoms with Gasteiger partial charge in [0.15, 0.2) is 0 Å². The van der Waals surface area contributed by atoms with Gasteiger partial charge in [-0.05, 0) is 62.9 Å². The molecule has 0 bridgehead atoms. The van der Waals surface area contributed by atoms with Gasteiger partial charge in [-0.2, -0.15) is 0 Å². The van der Waals surface area contributed by atoms with Crippen LogP contribution >= 0.6 is 0 Å². The van der Waals surface area contributed by atoms with E-state index in [9.17, 15) is 4.39 Å². The van der Waals surface area contributed by atoms with Crippen LogP contribution in [0, 0.1) is 18.2 Å². The van der Waals surface area contributed by atoms with Gasteiger partial charge in [0.25, 0.3) is 0 Å². The molecule has 1 saturated carbocycles. The molecule has 0 heterocycles. The predicted molar refractivity (Wildman–Crippen MR) is 77.9 cm³/mol. The van der Waals surface area contributed by atoms with Crippen LogP contribution in [0.1, 0.15) is 24.0 Å². The lowest BCUT2D eigenvalue weighted by atomic mass is 10.1. The Bertz CT molecular complexity index is 427. The minimum absolute atomic E-state index is 0.108. The van der Waals surface area contributed by atoms with E-state index >= 15 is 0 Å². The maximum absolute atomic E-state index is 13.2. The first-order valence-corrected chi connectivity index (χ1v) is 7.13. The summed E-state index contributed by atoms with van der Waals surface area (Å²) in [6.07, 6.45) is 3.68. The van der Waals surface area contributed by atoms with E-state index in [-0.39, 0.29) is 5.82 Å². The van der Waals surface area contributed by atoms with Crippen LogP contribution in [0.2, 0.25) is 0 Å². The Morgan fingerprint density at radius 1 is 1.37 bits per heavy atom. The average molecular weight is 264 g/mol. The molecule has 0 amide bonds. The summed E-state index contributed by atoms with van der Waals surface area (Å²) in [5.74, 6) is -0.108. The molecule has 0 aromatic heterocycles. The molecular formula is C16H25FN2. The van der Waals surface area contributed by atoms with Crippen molar-refractivity contribution in [2.75, 3.05) is 33.7 Å². The fourth-order valence-corrected chi connectivity index (χ4v) is 2.78. The lowest BCUT2D eigenvalue weighted by Gasteiger charge is -2.23. The van der Waals surface area contributed by atoms with Gasteiger partial charge < -0.3 is 10.2 Å². The van der Waals surface area contributed by atoms with E-state index in [2.05, 4.69) is 17.3 Å². The van der Waals surface area contributed by atoms with Crippen molar-refractivity contribution in [3.05, 3.63) is 35.1 Å². The zero-order valence-electron chi connectivity index (χ0n) is 12.3. The normalized spacial score (nSPS) is 16.9. The number of hydrogen-bond donors (Lipinski definition) is 1. The van der Waals surface area contributed by atoms with Crippen molar-refractivity contribution >= 4 is 0 Å². The Labute approximate surface area is 116 Å². The summed E-state index contributed by atoms with van der Waals surface area (Å²) in [5.41, 5.74) is 2.49. The molecule has 19 heavy (non-hydrogen) atoms. The fraction of sp³-hybridized carbons (Fsp3) is 0.625. The Morgan fingerprint density at radius 2 is 2.11 bits per heavy atom. The molecule has 1 aromatic carbocycles. The van der Waals surface area contributed by atoms with Gasteiger partial charge in [0.1, 0.15) is 5.82 Å². The number of likely N-dealkylation sites (N-methyl/N-ethyl adjacent to an activating group) is 1. The van der Waals surface area contributed by atoms with Crippen molar-refractivity contribution < 1.29 is 4.39 Å². The largest absolute Gasteiger partial charge is 0.319 e. The SMILES string of the molecule is CNCC1(CN(C)CCc2ccc(F)c(C)c2)CC1. The van der Waals surface area contributed by atoms with Crippen molar-refractivity contribution in [1.82, 2.24) is 10.2 Å². The van der Waals surface area contributed by atoms with Crippen LogP contribution in [-0.4, -0.2) is 38.6 Å². The summed E-state index contributed by atoms with van der Waals surface area (Å²) in [4.78, 5) is 2.41. The Kier molecular flexibility index (Phi) is 4.58. The first-order chi connectivity index (χ1) is 9.04. The smallest absolute Gasteiger partial charge is 0.126 e. The molecule has 0 radical (unpaired) electrons. The van der Waals surface area contributed by atoms with E-state index in [0.29, 0.717) is 5.41 Å². The first-order valence-electron chi connectivity index (χ1n) is 7.13. The van der Waals surface area contributed by atoms with Crippen LogP contribution in [0.3, 0.4) is 0 Å². The second kappa shape index (κ2) is 6.02. The van der Waals surface area contributed by atoms with Crippen LogP contribution < -0.4 is 5.32 Å². The Morgan fingerprint density at radius 3 is 2.68 bits per heavy atom. The van der Waals surface area contributed by atoms with Crippen LogP contribution in [-0.2, 0) is 6.42 Å². The monoisotopic (exact) mass is 264 g/mol. The van der Waals surface area contributed by atoms with Gasteiger partial charge in [0.2, 0.25) is 0 Å². The fourth-order valence-electron chi connectivity index (χ4n) is 2.78. The molecule has 1 aromatic rings. The number of nitrogens with zero attached hydrogens (tertiary/aromatic N) is 1. The molecular weight excluding hydrogens is 239 g/mol. The van der Waals surface area contributed by atoms with Crippen LogP contribution in [0.5, 0.6) is 0 Å². The Hall–Kier alpha value is -0.930. The average Bonchev–Trinajstić information content (AvgIpc) is 3.11. The summed E-state index contributed by atoms with van der Waals surface area (Å²) in [6, 6.07) is 5.44. The molecule has 1 fully saturated rings. The maximum atomic E-state index is 13.2. The van der Waals surface area contributed by atoms with Gasteiger partial charge in [-0.1, -0.05) is 12.1 Å². The topological polar surface area (TPSA) is 15.3 Å². The van der Waals surface area contributed by atoms with Crippen molar-refractivity contribution in [1.29, 1.82) is 0 Å². The van der Waals surface area contributed by atoms with Gasteiger partial charge in [-0.25, -0.2) is 4.39 Å². The van der Waals surface area contributed by atoms with Gasteiger partial charge in [0.05, 0.1) is 0 Å². The minimum Gasteiger partial charge on any atom is -0.319 e. The summed E-state index contributed by atoms with van der Waals surface area (Å²) in [5, 5.41) is 3.29. The van der Waals surface area contributed by atoms with Crippen LogP contribution in [0.15, 0.2) is 18.2 Å². The van der Waals surface area contributed by atoms with E-state index in [4.69, 9.17) is 0 Å². The van der Waals surface area contributed by atoms with E-state index in [0.717, 1.165) is 31.6 Å². The highest BCUT2D eigenvalue weighted by Gasteiger charge is 2.42. The number of nitrogens with one attached hydrogen (secondary N) is 1. The van der Waals surface area contributed by atoms with Crippen molar-refractivity contribution in [3.63, 3.8) is 0 Å². The first kappa shape index (κ1) is 14.5. The third-order valence-electron chi connectivity index (χ3n) is 4.12. The Balaban J connectivity index is 1.80. The molecule has 3 heteroatoms. The molecule has 0 atom stereocenters. The van der Waals surface area contributed by atoms with E-state index in [1.54, 1.807) is 6.07 Å². The number of halogens is 1. The molecule has 1 aliphatic rings. The number of hydrogen-bond acceptors (Lipinski definition) is 2. The second-order valence-corrected chi connectivity index (χ2v) is 6.10. The summed E-state index contributed by atoms with van der Waals surface area (Å²) in [6.45, 7) is 5.15. The van der Waals surface area contributed by atoms with Crippen molar-refractivity contribution in [2.24, 2.45) is 5.41 Å². The van der Waals surface area contributed by atoms with Gasteiger partial charge in [-0.15, -0.1) is 0 Å². The van der Waals surface area contributed by atoms with Gasteiger partial charge in [0, 0.05) is 19.6 Å². The second-order valence-electron chi connectivity index (χ2n) is 6.10. The van der Waals surface area contributed by atoms with Crippen molar-refractivity contribution in [3.8, 4) is 0 Å². The zero-order valence-corrected chi connectivity index (χ0v) is 12.3. The van der Waals surface area contributed by atoms with Gasteiger partial charge >= 0.3 is 0 Å². The van der Waals surface area contributed by atoms with Gasteiger partial charge in [-0.3, -0.25) is 0 Å². The molecule has 2 nitrogen and oxygen atoms in total. The highest BCUT2D eigenvalue weighted by Crippen LogP contribution is 2.45. The molecule has 0 saturated heterocycles. The lowest BCUT2D eigenvalue weighted by Crippen LogP contribution is -2.33.